The molecule has 1 saturated heterocycles. The fourth-order valence-electron chi connectivity index (χ4n) is 2.75. The summed E-state index contributed by atoms with van der Waals surface area (Å²) in [5, 5.41) is 3.58. The van der Waals surface area contributed by atoms with Crippen LogP contribution in [0.2, 0.25) is 0 Å². The summed E-state index contributed by atoms with van der Waals surface area (Å²) >= 11 is 0. The number of hydrogen-bond donors (Lipinski definition) is 1. The van der Waals surface area contributed by atoms with E-state index in [0.29, 0.717) is 6.04 Å². The Morgan fingerprint density at radius 2 is 1.71 bits per heavy atom. The van der Waals surface area contributed by atoms with Crippen LogP contribution < -0.4 is 5.32 Å². The maximum absolute atomic E-state index is 3.58. The summed E-state index contributed by atoms with van der Waals surface area (Å²) in [6, 6.07) is 21.6. The zero-order valence-corrected chi connectivity index (χ0v) is 12.3. The highest BCUT2D eigenvalue weighted by molar-refractivity contribution is 5.49. The lowest BCUT2D eigenvalue weighted by atomic mass is 10.1. The SMILES string of the molecule is C(=C\[C@@H]1CN(Cc2ccccc2)CCN1)/c1ccccc1. The molecule has 0 aliphatic carbocycles. The molecule has 0 bridgehead atoms. The lowest BCUT2D eigenvalue weighted by molar-refractivity contribution is 0.210. The second-order valence-corrected chi connectivity index (χ2v) is 5.55. The average Bonchev–Trinajstić information content (AvgIpc) is 2.55. The summed E-state index contributed by atoms with van der Waals surface area (Å²) in [6.07, 6.45) is 4.50. The second kappa shape index (κ2) is 7.21. The van der Waals surface area contributed by atoms with Crippen LogP contribution in [-0.4, -0.2) is 30.6 Å². The maximum atomic E-state index is 3.58. The van der Waals surface area contributed by atoms with Gasteiger partial charge in [-0.15, -0.1) is 0 Å². The molecule has 0 aromatic heterocycles. The van der Waals surface area contributed by atoms with E-state index in [1.54, 1.807) is 0 Å². The van der Waals surface area contributed by atoms with Crippen molar-refractivity contribution >= 4 is 6.08 Å². The van der Waals surface area contributed by atoms with Gasteiger partial charge in [0.1, 0.15) is 0 Å². The van der Waals surface area contributed by atoms with E-state index >= 15 is 0 Å². The van der Waals surface area contributed by atoms with Gasteiger partial charge in [-0.05, 0) is 11.1 Å². The van der Waals surface area contributed by atoms with Crippen LogP contribution in [0.4, 0.5) is 0 Å². The Balaban J connectivity index is 1.57. The maximum Gasteiger partial charge on any atom is 0.0382 e. The topological polar surface area (TPSA) is 15.3 Å². The van der Waals surface area contributed by atoms with Gasteiger partial charge < -0.3 is 5.32 Å². The van der Waals surface area contributed by atoms with Crippen LogP contribution in [-0.2, 0) is 6.54 Å². The van der Waals surface area contributed by atoms with Gasteiger partial charge in [0, 0.05) is 32.2 Å². The van der Waals surface area contributed by atoms with Gasteiger partial charge >= 0.3 is 0 Å². The molecule has 1 N–H and O–H groups in total. The monoisotopic (exact) mass is 278 g/mol. The molecule has 21 heavy (non-hydrogen) atoms. The van der Waals surface area contributed by atoms with Crippen molar-refractivity contribution in [3.05, 3.63) is 77.9 Å². The Morgan fingerprint density at radius 3 is 2.48 bits per heavy atom. The lowest BCUT2D eigenvalue weighted by Gasteiger charge is -2.32. The fraction of sp³-hybridized carbons (Fsp3) is 0.263. The van der Waals surface area contributed by atoms with E-state index in [1.165, 1.54) is 11.1 Å². The van der Waals surface area contributed by atoms with Crippen LogP contribution in [0.3, 0.4) is 0 Å². The molecule has 1 heterocycles. The number of piperazine rings is 1. The molecular formula is C19H22N2. The predicted molar refractivity (Wildman–Crippen MR) is 89.0 cm³/mol. The average molecular weight is 278 g/mol. The molecule has 2 aromatic carbocycles. The fourth-order valence-corrected chi connectivity index (χ4v) is 2.75. The summed E-state index contributed by atoms with van der Waals surface area (Å²) in [6.45, 7) is 4.28. The number of nitrogens with zero attached hydrogens (tertiary/aromatic N) is 1. The van der Waals surface area contributed by atoms with Gasteiger partial charge in [0.2, 0.25) is 0 Å². The third-order valence-electron chi connectivity index (χ3n) is 3.86. The van der Waals surface area contributed by atoms with Crippen molar-refractivity contribution < 1.29 is 0 Å². The molecule has 2 aromatic rings. The molecule has 1 aliphatic heterocycles. The van der Waals surface area contributed by atoms with E-state index in [2.05, 4.69) is 83.0 Å². The van der Waals surface area contributed by atoms with Crippen molar-refractivity contribution in [2.24, 2.45) is 0 Å². The minimum atomic E-state index is 0.433. The van der Waals surface area contributed by atoms with Gasteiger partial charge in [0.15, 0.2) is 0 Å². The molecule has 0 unspecified atom stereocenters. The summed E-state index contributed by atoms with van der Waals surface area (Å²) in [4.78, 5) is 2.52. The number of rotatable bonds is 4. The minimum absolute atomic E-state index is 0.433. The zero-order chi connectivity index (χ0) is 14.3. The first-order valence-corrected chi connectivity index (χ1v) is 7.63. The van der Waals surface area contributed by atoms with Crippen LogP contribution in [0.25, 0.3) is 6.08 Å². The molecule has 0 spiro atoms. The van der Waals surface area contributed by atoms with Gasteiger partial charge in [0.25, 0.3) is 0 Å². The summed E-state index contributed by atoms with van der Waals surface area (Å²) in [5.74, 6) is 0. The molecule has 1 atom stereocenters. The Bertz CT molecular complexity index is 563. The van der Waals surface area contributed by atoms with Crippen LogP contribution in [0.15, 0.2) is 66.7 Å². The van der Waals surface area contributed by atoms with E-state index in [4.69, 9.17) is 0 Å². The Hall–Kier alpha value is -1.90. The van der Waals surface area contributed by atoms with E-state index < -0.39 is 0 Å². The molecule has 2 nitrogen and oxygen atoms in total. The Kier molecular flexibility index (Phi) is 4.82. The molecular weight excluding hydrogens is 256 g/mol. The Morgan fingerprint density at radius 1 is 1.00 bits per heavy atom. The number of benzene rings is 2. The molecule has 0 amide bonds. The first kappa shape index (κ1) is 14.1. The van der Waals surface area contributed by atoms with E-state index in [1.807, 2.05) is 0 Å². The molecule has 2 heteroatoms. The Labute approximate surface area is 127 Å². The smallest absolute Gasteiger partial charge is 0.0382 e. The van der Waals surface area contributed by atoms with E-state index in [0.717, 1.165) is 26.2 Å². The normalized spacial score (nSPS) is 19.9. The van der Waals surface area contributed by atoms with Crippen LogP contribution >= 0.6 is 0 Å². The van der Waals surface area contributed by atoms with E-state index in [-0.39, 0.29) is 0 Å². The second-order valence-electron chi connectivity index (χ2n) is 5.55. The number of nitrogens with one attached hydrogen (secondary N) is 1. The first-order chi connectivity index (χ1) is 10.4. The molecule has 1 fully saturated rings. The van der Waals surface area contributed by atoms with Crippen LogP contribution in [0.1, 0.15) is 11.1 Å². The highest BCUT2D eigenvalue weighted by Gasteiger charge is 2.16. The summed E-state index contributed by atoms with van der Waals surface area (Å²) < 4.78 is 0. The van der Waals surface area contributed by atoms with E-state index in [9.17, 15) is 0 Å². The minimum Gasteiger partial charge on any atom is -0.308 e. The van der Waals surface area contributed by atoms with Gasteiger partial charge in [-0.1, -0.05) is 72.8 Å². The quantitative estimate of drug-likeness (QED) is 0.924. The molecule has 1 aliphatic rings. The zero-order valence-electron chi connectivity index (χ0n) is 12.3. The van der Waals surface area contributed by atoms with Crippen molar-refractivity contribution in [2.75, 3.05) is 19.6 Å². The summed E-state index contributed by atoms with van der Waals surface area (Å²) in [5.41, 5.74) is 2.66. The highest BCUT2D eigenvalue weighted by atomic mass is 15.2. The van der Waals surface area contributed by atoms with Crippen molar-refractivity contribution in [1.82, 2.24) is 10.2 Å². The van der Waals surface area contributed by atoms with Crippen LogP contribution in [0.5, 0.6) is 0 Å². The van der Waals surface area contributed by atoms with Crippen molar-refractivity contribution in [3.8, 4) is 0 Å². The van der Waals surface area contributed by atoms with Crippen molar-refractivity contribution in [1.29, 1.82) is 0 Å². The highest BCUT2D eigenvalue weighted by Crippen LogP contribution is 2.09. The molecule has 3 rings (SSSR count). The van der Waals surface area contributed by atoms with Crippen molar-refractivity contribution in [3.63, 3.8) is 0 Å². The lowest BCUT2D eigenvalue weighted by Crippen LogP contribution is -2.49. The standard InChI is InChI=1S/C19H22N2/c1-3-7-17(8-4-1)11-12-19-16-21(14-13-20-19)15-18-9-5-2-6-10-18/h1-12,19-20H,13-16H2/b12-11+/t19-/m1/s1. The predicted octanol–water partition coefficient (Wildman–Crippen LogP) is 3.17. The van der Waals surface area contributed by atoms with Crippen LogP contribution in [0, 0.1) is 0 Å². The third-order valence-corrected chi connectivity index (χ3v) is 3.86. The molecule has 0 radical (unpaired) electrons. The van der Waals surface area contributed by atoms with Gasteiger partial charge in [-0.2, -0.15) is 0 Å². The van der Waals surface area contributed by atoms with Gasteiger partial charge in [-0.3, -0.25) is 4.90 Å². The largest absolute Gasteiger partial charge is 0.308 e. The van der Waals surface area contributed by atoms with Gasteiger partial charge in [-0.25, -0.2) is 0 Å². The summed E-state index contributed by atoms with van der Waals surface area (Å²) in [7, 11) is 0. The van der Waals surface area contributed by atoms with Crippen molar-refractivity contribution in [2.45, 2.75) is 12.6 Å². The van der Waals surface area contributed by atoms with Gasteiger partial charge in [0.05, 0.1) is 0 Å². The molecule has 0 saturated carbocycles. The first-order valence-electron chi connectivity index (χ1n) is 7.63. The third kappa shape index (κ3) is 4.28. The molecule has 108 valence electrons. The number of hydrogen-bond acceptors (Lipinski definition) is 2.